The van der Waals surface area contributed by atoms with Crippen LogP contribution in [-0.2, 0) is 4.79 Å². The monoisotopic (exact) mass is 263 g/mol. The van der Waals surface area contributed by atoms with Crippen molar-refractivity contribution in [2.75, 3.05) is 31.5 Å². The fraction of sp³-hybridized carbons (Fsp3) is 0.615. The van der Waals surface area contributed by atoms with Gasteiger partial charge in [0.2, 0.25) is 0 Å². The van der Waals surface area contributed by atoms with E-state index in [0.29, 0.717) is 29.3 Å². The zero-order chi connectivity index (χ0) is 13.3. The number of rotatable bonds is 3. The molecule has 1 aromatic heterocycles. The summed E-state index contributed by atoms with van der Waals surface area (Å²) in [6, 6.07) is 0. The maximum absolute atomic E-state index is 12.1. The SMILES string of the molecule is O=C(C[N+]12CCC(CC1)[C@@H](O)C2)Nc1cnccn1. The van der Waals surface area contributed by atoms with Crippen molar-refractivity contribution < 1.29 is 14.4 Å². The van der Waals surface area contributed by atoms with Gasteiger partial charge in [0.25, 0.3) is 5.91 Å². The summed E-state index contributed by atoms with van der Waals surface area (Å²) in [7, 11) is 0. The standard InChI is InChI=1S/C13H18N4O2/c18-11-8-17(5-1-10(11)2-6-17)9-13(19)16-12-7-14-3-4-15-12/h3-4,7,10-11,18H,1-2,5-6,8-9H2/p+1/t10?,11-,17?/m0/s1. The molecule has 0 unspecified atom stereocenters. The molecule has 6 nitrogen and oxygen atoms in total. The lowest BCUT2D eigenvalue weighted by atomic mass is 9.83. The highest BCUT2D eigenvalue weighted by atomic mass is 16.3. The third-order valence-electron chi connectivity index (χ3n) is 4.38. The van der Waals surface area contributed by atoms with Crippen molar-refractivity contribution in [2.24, 2.45) is 5.92 Å². The molecule has 19 heavy (non-hydrogen) atoms. The van der Waals surface area contributed by atoms with E-state index in [1.807, 2.05) is 0 Å². The zero-order valence-corrected chi connectivity index (χ0v) is 10.8. The van der Waals surface area contributed by atoms with E-state index in [4.69, 9.17) is 0 Å². The number of aliphatic hydroxyl groups excluding tert-OH is 1. The molecule has 3 saturated heterocycles. The first-order valence-corrected chi connectivity index (χ1v) is 6.76. The van der Waals surface area contributed by atoms with E-state index < -0.39 is 0 Å². The van der Waals surface area contributed by atoms with Gasteiger partial charge in [-0.2, -0.15) is 0 Å². The van der Waals surface area contributed by atoms with Crippen LogP contribution < -0.4 is 5.32 Å². The molecule has 2 bridgehead atoms. The Balaban J connectivity index is 1.63. The zero-order valence-electron chi connectivity index (χ0n) is 10.8. The number of hydrogen-bond donors (Lipinski definition) is 2. The molecule has 102 valence electrons. The van der Waals surface area contributed by atoms with Crippen LogP contribution in [0.5, 0.6) is 0 Å². The molecule has 0 saturated carbocycles. The Morgan fingerprint density at radius 3 is 2.84 bits per heavy atom. The third-order valence-corrected chi connectivity index (χ3v) is 4.38. The summed E-state index contributed by atoms with van der Waals surface area (Å²) in [6.45, 7) is 3.12. The normalized spacial score (nSPS) is 33.1. The smallest absolute Gasteiger partial charge is 0.280 e. The molecule has 2 N–H and O–H groups in total. The van der Waals surface area contributed by atoms with Crippen molar-refractivity contribution in [3.8, 4) is 0 Å². The van der Waals surface area contributed by atoms with E-state index >= 15 is 0 Å². The van der Waals surface area contributed by atoms with Gasteiger partial charge in [0.05, 0.1) is 19.3 Å². The Hall–Kier alpha value is -1.53. The minimum Gasteiger partial charge on any atom is -0.387 e. The van der Waals surface area contributed by atoms with Gasteiger partial charge in [0, 0.05) is 31.2 Å². The van der Waals surface area contributed by atoms with E-state index in [1.54, 1.807) is 12.4 Å². The summed E-state index contributed by atoms with van der Waals surface area (Å²) in [4.78, 5) is 20.0. The second-order valence-electron chi connectivity index (χ2n) is 5.67. The van der Waals surface area contributed by atoms with E-state index in [-0.39, 0.29) is 12.0 Å². The molecule has 6 heteroatoms. The van der Waals surface area contributed by atoms with Gasteiger partial charge in [-0.25, -0.2) is 4.98 Å². The van der Waals surface area contributed by atoms with Gasteiger partial charge in [-0.15, -0.1) is 0 Å². The Morgan fingerprint density at radius 2 is 2.21 bits per heavy atom. The number of nitrogens with one attached hydrogen (secondary N) is 1. The van der Waals surface area contributed by atoms with Crippen LogP contribution in [0, 0.1) is 5.92 Å². The molecule has 4 heterocycles. The number of anilines is 1. The van der Waals surface area contributed by atoms with Gasteiger partial charge in [-0.3, -0.25) is 9.78 Å². The predicted molar refractivity (Wildman–Crippen MR) is 69.1 cm³/mol. The molecular weight excluding hydrogens is 244 g/mol. The van der Waals surface area contributed by atoms with Gasteiger partial charge >= 0.3 is 0 Å². The van der Waals surface area contributed by atoms with E-state index in [9.17, 15) is 9.90 Å². The van der Waals surface area contributed by atoms with Crippen LogP contribution in [0.25, 0.3) is 0 Å². The largest absolute Gasteiger partial charge is 0.387 e. The number of quaternary nitrogens is 1. The molecule has 3 aliphatic heterocycles. The molecule has 1 amide bonds. The number of carbonyl (C=O) groups excluding carboxylic acids is 1. The lowest BCUT2D eigenvalue weighted by Crippen LogP contribution is -2.65. The minimum absolute atomic E-state index is 0.0481. The molecule has 1 atom stereocenters. The number of hydrogen-bond acceptors (Lipinski definition) is 4. The first kappa shape index (κ1) is 12.5. The minimum atomic E-state index is -0.244. The molecule has 0 spiro atoms. The van der Waals surface area contributed by atoms with Gasteiger partial charge in [-0.1, -0.05) is 0 Å². The van der Waals surface area contributed by atoms with Gasteiger partial charge in [-0.05, 0) is 0 Å². The van der Waals surface area contributed by atoms with Crippen LogP contribution in [0.4, 0.5) is 5.82 Å². The lowest BCUT2D eigenvalue weighted by Gasteiger charge is -2.50. The Labute approximate surface area is 112 Å². The summed E-state index contributed by atoms with van der Waals surface area (Å²) < 4.78 is 0.712. The molecule has 3 fully saturated rings. The van der Waals surface area contributed by atoms with Crippen molar-refractivity contribution in [3.05, 3.63) is 18.6 Å². The quantitative estimate of drug-likeness (QED) is 0.754. The number of amides is 1. The van der Waals surface area contributed by atoms with Gasteiger partial charge in [0.15, 0.2) is 12.4 Å². The van der Waals surface area contributed by atoms with Crippen molar-refractivity contribution >= 4 is 11.7 Å². The molecule has 0 radical (unpaired) electrons. The number of aromatic nitrogens is 2. The second-order valence-corrected chi connectivity index (χ2v) is 5.67. The Morgan fingerprint density at radius 1 is 1.42 bits per heavy atom. The van der Waals surface area contributed by atoms with E-state index in [1.165, 1.54) is 6.20 Å². The van der Waals surface area contributed by atoms with Crippen LogP contribution in [0.1, 0.15) is 12.8 Å². The molecule has 4 rings (SSSR count). The van der Waals surface area contributed by atoms with Gasteiger partial charge < -0.3 is 14.9 Å². The summed E-state index contributed by atoms with van der Waals surface area (Å²) in [6.07, 6.45) is 6.47. The van der Waals surface area contributed by atoms with Crippen molar-refractivity contribution in [2.45, 2.75) is 18.9 Å². The number of carbonyl (C=O) groups is 1. The average Bonchev–Trinajstić information content (AvgIpc) is 2.40. The summed E-state index contributed by atoms with van der Waals surface area (Å²) in [5.74, 6) is 0.884. The van der Waals surface area contributed by atoms with Crippen LogP contribution in [0.2, 0.25) is 0 Å². The molecule has 0 aromatic carbocycles. The number of fused-ring (bicyclic) bond motifs is 3. The van der Waals surface area contributed by atoms with Crippen molar-refractivity contribution in [3.63, 3.8) is 0 Å². The summed E-state index contributed by atoms with van der Waals surface area (Å²) >= 11 is 0. The van der Waals surface area contributed by atoms with Crippen molar-refractivity contribution in [1.29, 1.82) is 0 Å². The van der Waals surface area contributed by atoms with E-state index in [2.05, 4.69) is 15.3 Å². The first-order chi connectivity index (χ1) is 9.17. The molecule has 3 aliphatic rings. The first-order valence-electron chi connectivity index (χ1n) is 6.76. The highest BCUT2D eigenvalue weighted by Gasteiger charge is 2.46. The third kappa shape index (κ3) is 2.59. The summed E-state index contributed by atoms with van der Waals surface area (Å²) in [5, 5.41) is 12.8. The molecular formula is C13H19N4O2+. The lowest BCUT2D eigenvalue weighted by molar-refractivity contribution is -0.939. The highest BCUT2D eigenvalue weighted by Crippen LogP contribution is 2.33. The molecule has 0 aliphatic carbocycles. The topological polar surface area (TPSA) is 75.1 Å². The van der Waals surface area contributed by atoms with Crippen LogP contribution in [0.15, 0.2) is 18.6 Å². The fourth-order valence-electron chi connectivity index (χ4n) is 3.32. The number of aliphatic hydroxyl groups is 1. The second kappa shape index (κ2) is 4.86. The molecule has 1 aromatic rings. The number of piperidine rings is 3. The average molecular weight is 263 g/mol. The highest BCUT2D eigenvalue weighted by molar-refractivity contribution is 5.90. The van der Waals surface area contributed by atoms with E-state index in [0.717, 1.165) is 25.9 Å². The van der Waals surface area contributed by atoms with Crippen LogP contribution >= 0.6 is 0 Å². The maximum Gasteiger partial charge on any atom is 0.280 e. The van der Waals surface area contributed by atoms with Crippen molar-refractivity contribution in [1.82, 2.24) is 9.97 Å². The Kier molecular flexibility index (Phi) is 3.20. The Bertz CT molecular complexity index is 457. The maximum atomic E-state index is 12.1. The summed E-state index contributed by atoms with van der Waals surface area (Å²) in [5.41, 5.74) is 0. The van der Waals surface area contributed by atoms with Gasteiger partial charge in [0.1, 0.15) is 12.6 Å². The van der Waals surface area contributed by atoms with Crippen LogP contribution in [-0.4, -0.2) is 57.7 Å². The van der Waals surface area contributed by atoms with Crippen LogP contribution in [0.3, 0.4) is 0 Å². The predicted octanol–water partition coefficient (Wildman–Crippen LogP) is 0.0164. The fourth-order valence-corrected chi connectivity index (χ4v) is 3.32. The number of nitrogens with zero attached hydrogens (tertiary/aromatic N) is 3.